The molecule has 1 unspecified atom stereocenters. The molecule has 0 spiro atoms. The molecule has 0 radical (unpaired) electrons. The van der Waals surface area contributed by atoms with Crippen LogP contribution in [0.15, 0.2) is 65.5 Å². The molecule has 2 rings (SSSR count). The van der Waals surface area contributed by atoms with Gasteiger partial charge in [-0.2, -0.15) is 0 Å². The van der Waals surface area contributed by atoms with Crippen molar-refractivity contribution in [2.24, 2.45) is 0 Å². The fourth-order valence-corrected chi connectivity index (χ4v) is 11.8. The Balaban J connectivity index is 2.67. The van der Waals surface area contributed by atoms with Crippen LogP contribution in [0.2, 0.25) is 16.6 Å². The lowest BCUT2D eigenvalue weighted by Gasteiger charge is -2.44. The van der Waals surface area contributed by atoms with E-state index in [-0.39, 0.29) is 6.40 Å². The lowest BCUT2D eigenvalue weighted by molar-refractivity contribution is 0.766. The highest BCUT2D eigenvalue weighted by Gasteiger charge is 2.45. The number of hydrogen-bond donors (Lipinski definition) is 0. The predicted octanol–water partition coefficient (Wildman–Crippen LogP) is 9.03. The summed E-state index contributed by atoms with van der Waals surface area (Å²) >= 11 is 0. The Hall–Kier alpha value is -2.26. The summed E-state index contributed by atoms with van der Waals surface area (Å²) in [6.45, 7) is 16.4. The Kier molecular flexibility index (Phi) is 9.02. The quantitative estimate of drug-likeness (QED) is 0.223. The van der Waals surface area contributed by atoms with Gasteiger partial charge >= 0.3 is 0 Å². The van der Waals surface area contributed by atoms with E-state index in [2.05, 4.69) is 90.3 Å². The average Bonchev–Trinajstić information content (AvgIpc) is 2.75. The summed E-state index contributed by atoms with van der Waals surface area (Å²) < 4.78 is 9.06. The molecule has 0 bridgehead atoms. The minimum atomic E-state index is -1.95. The lowest BCUT2D eigenvalue weighted by atomic mass is 10.1. The van der Waals surface area contributed by atoms with Gasteiger partial charge in [0.2, 0.25) is 0 Å². The van der Waals surface area contributed by atoms with Crippen molar-refractivity contribution in [2.45, 2.75) is 84.3 Å². The third-order valence-corrected chi connectivity index (χ3v) is 13.4. The van der Waals surface area contributed by atoms with E-state index in [0.717, 1.165) is 29.5 Å². The molecule has 0 aliphatic rings. The largest absolute Gasteiger partial charge is 0.125 e. The Labute approximate surface area is 193 Å². The van der Waals surface area contributed by atoms with Gasteiger partial charge < -0.3 is 0 Å². The highest BCUT2D eigenvalue weighted by Crippen LogP contribution is 2.47. The van der Waals surface area contributed by atoms with Crippen LogP contribution >= 0.6 is 0 Å². The van der Waals surface area contributed by atoms with E-state index >= 15 is 0 Å². The summed E-state index contributed by atoms with van der Waals surface area (Å²) in [5, 5.41) is 1.28. The highest BCUT2D eigenvalue weighted by atomic mass is 28.3. The van der Waals surface area contributed by atoms with Gasteiger partial charge in [0.05, 0.1) is 8.07 Å². The second-order valence-electron chi connectivity index (χ2n) is 9.30. The summed E-state index contributed by atoms with van der Waals surface area (Å²) in [7, 11) is -1.95. The molecule has 1 heteroatoms. The second kappa shape index (κ2) is 11.9. The van der Waals surface area contributed by atoms with Crippen molar-refractivity contribution in [2.75, 3.05) is 0 Å². The van der Waals surface area contributed by atoms with Crippen molar-refractivity contribution in [3.8, 4) is 11.8 Å². The number of allylic oxidation sites excluding steroid dienone is 1. The van der Waals surface area contributed by atoms with Crippen LogP contribution in [0, 0.1) is 11.8 Å². The third kappa shape index (κ3) is 6.13. The molecule has 0 heterocycles. The molecule has 0 saturated carbocycles. The van der Waals surface area contributed by atoms with Crippen LogP contribution in [0.25, 0.3) is 6.08 Å². The van der Waals surface area contributed by atoms with Crippen molar-refractivity contribution in [1.29, 1.82) is 0 Å². The van der Waals surface area contributed by atoms with Gasteiger partial charge in [-0.1, -0.05) is 103 Å². The first-order valence-corrected chi connectivity index (χ1v) is 14.0. The monoisotopic (exact) mass is 429 g/mol. The van der Waals surface area contributed by atoms with Gasteiger partial charge in [0.15, 0.2) is 0 Å². The highest BCUT2D eigenvalue weighted by molar-refractivity contribution is 6.89. The number of rotatable bonds is 8. The van der Waals surface area contributed by atoms with Gasteiger partial charge in [-0.05, 0) is 64.5 Å². The zero-order valence-corrected chi connectivity index (χ0v) is 21.5. The minimum Gasteiger partial charge on any atom is -0.125 e. The number of benzene rings is 2. The zero-order valence-electron chi connectivity index (χ0n) is 21.5. The molecule has 0 aromatic heterocycles. The van der Waals surface area contributed by atoms with Crippen LogP contribution in [-0.4, -0.2) is 8.07 Å². The first-order chi connectivity index (χ1) is 15.2. The Morgan fingerprint density at radius 3 is 2.03 bits per heavy atom. The van der Waals surface area contributed by atoms with Gasteiger partial charge in [0, 0.05) is 12.5 Å². The van der Waals surface area contributed by atoms with E-state index < -0.39 is 8.07 Å². The van der Waals surface area contributed by atoms with Crippen molar-refractivity contribution >= 4 is 14.1 Å². The maximum Gasteiger partial charge on any atom is 0.0989 e. The first kappa shape index (κ1) is 23.4. The van der Waals surface area contributed by atoms with Crippen LogP contribution in [-0.2, 0) is 0 Å². The van der Waals surface area contributed by atoms with Gasteiger partial charge in [-0.3, -0.25) is 0 Å². The lowest BCUT2D eigenvalue weighted by Crippen LogP contribution is -2.46. The molecular formula is C30H40Si. The minimum absolute atomic E-state index is 0.183. The number of hydrogen-bond acceptors (Lipinski definition) is 0. The third-order valence-electron chi connectivity index (χ3n) is 6.43. The van der Waals surface area contributed by atoms with Crippen LogP contribution in [0.5, 0.6) is 0 Å². The van der Waals surface area contributed by atoms with E-state index in [9.17, 15) is 0 Å². The fraction of sp³-hybridized carbons (Fsp3) is 0.433. The Bertz CT molecular complexity index is 960. The molecule has 1 atom stereocenters. The summed E-state index contributed by atoms with van der Waals surface area (Å²) in [5.41, 5.74) is 8.54. The predicted molar refractivity (Wildman–Crippen MR) is 141 cm³/mol. The molecule has 2 aromatic carbocycles. The van der Waals surface area contributed by atoms with E-state index in [1.165, 1.54) is 5.20 Å². The average molecular weight is 430 g/mol. The normalized spacial score (nSPS) is 12.8. The first-order valence-electron chi connectivity index (χ1n) is 12.4. The molecule has 164 valence electrons. The maximum atomic E-state index is 9.06. The Morgan fingerprint density at radius 2 is 1.45 bits per heavy atom. The van der Waals surface area contributed by atoms with Gasteiger partial charge in [0.25, 0.3) is 0 Å². The van der Waals surface area contributed by atoms with Gasteiger partial charge in [-0.25, -0.2) is 0 Å². The molecule has 0 saturated heterocycles. The van der Waals surface area contributed by atoms with Gasteiger partial charge in [0.1, 0.15) is 0 Å². The van der Waals surface area contributed by atoms with Crippen LogP contribution in [0.1, 0.15) is 85.8 Å². The molecular weight excluding hydrogens is 388 g/mol. The van der Waals surface area contributed by atoms with Crippen molar-refractivity contribution < 1.29 is 1.37 Å². The molecule has 0 aliphatic heterocycles. The van der Waals surface area contributed by atoms with Gasteiger partial charge in [-0.15, -0.1) is 5.73 Å². The molecule has 0 amide bonds. The summed E-state index contributed by atoms with van der Waals surface area (Å²) in [5.74, 6) is 6.63. The van der Waals surface area contributed by atoms with E-state index in [0.29, 0.717) is 16.6 Å². The van der Waals surface area contributed by atoms with E-state index in [1.807, 2.05) is 36.4 Å². The van der Waals surface area contributed by atoms with Crippen LogP contribution in [0.4, 0.5) is 0 Å². The second-order valence-corrected chi connectivity index (χ2v) is 15.2. The summed E-state index contributed by atoms with van der Waals surface area (Å²) in [4.78, 5) is 0. The smallest absolute Gasteiger partial charge is 0.0989 e. The maximum absolute atomic E-state index is 9.06. The molecule has 0 aliphatic carbocycles. The van der Waals surface area contributed by atoms with Crippen molar-refractivity contribution in [3.63, 3.8) is 0 Å². The zero-order chi connectivity index (χ0) is 23.7. The molecule has 0 N–H and O–H groups in total. The molecule has 0 nitrogen and oxygen atoms in total. The SMILES string of the molecule is [2H]C(CCC)C(=C=Cc1ccccc1C#Cc1ccccc1)[Si](C(C)C)(C(C)C)C(C)C. The van der Waals surface area contributed by atoms with Crippen LogP contribution < -0.4 is 0 Å². The Morgan fingerprint density at radius 1 is 0.871 bits per heavy atom. The molecule has 2 aromatic rings. The fourth-order valence-electron chi connectivity index (χ4n) is 5.14. The van der Waals surface area contributed by atoms with E-state index in [1.54, 1.807) is 0 Å². The standard InChI is InChI=1S/C30H40Si/c1-8-9-19-30(31(24(2)3,25(4)5)26(6)7)23-22-29-18-14-13-17-28(29)21-20-27-15-11-10-12-16-27/h10-18,22,24-26H,8-9,19H2,1-7H3/i19D. The van der Waals surface area contributed by atoms with Crippen molar-refractivity contribution in [3.05, 3.63) is 82.2 Å². The topological polar surface area (TPSA) is 0 Å². The summed E-state index contributed by atoms with van der Waals surface area (Å²) in [6, 6.07) is 18.4. The van der Waals surface area contributed by atoms with Crippen LogP contribution in [0.3, 0.4) is 0 Å². The van der Waals surface area contributed by atoms with Crippen molar-refractivity contribution in [1.82, 2.24) is 0 Å². The molecule has 31 heavy (non-hydrogen) atoms. The van der Waals surface area contributed by atoms with E-state index in [4.69, 9.17) is 1.37 Å². The summed E-state index contributed by atoms with van der Waals surface area (Å²) in [6.07, 6.45) is 3.85. The molecule has 0 fully saturated rings.